The van der Waals surface area contributed by atoms with Crippen molar-refractivity contribution in [3.8, 4) is 11.1 Å². The first-order chi connectivity index (χ1) is 8.24. The van der Waals surface area contributed by atoms with Gasteiger partial charge in [-0.2, -0.15) is 5.10 Å². The van der Waals surface area contributed by atoms with Crippen LogP contribution in [-0.4, -0.2) is 23.4 Å². The molecule has 1 heterocycles. The average molecular weight is 233 g/mol. The molecular formula is C13H16FN3. The standard InChI is InChI=1S/C13H16FN3/c1-15-8-7-13-11(9-16-17(13)2)10-5-3-4-6-12(10)14/h3-6,9,15H,7-8H2,1-2H3. The molecule has 0 saturated heterocycles. The first-order valence-electron chi connectivity index (χ1n) is 5.64. The summed E-state index contributed by atoms with van der Waals surface area (Å²) in [6.45, 7) is 0.848. The summed E-state index contributed by atoms with van der Waals surface area (Å²) in [5, 5.41) is 7.30. The Morgan fingerprint density at radius 1 is 1.29 bits per heavy atom. The van der Waals surface area contributed by atoms with Gasteiger partial charge in [0.2, 0.25) is 0 Å². The number of hydrogen-bond acceptors (Lipinski definition) is 2. The number of aromatic nitrogens is 2. The van der Waals surface area contributed by atoms with Crippen LogP contribution in [0.25, 0.3) is 11.1 Å². The fraction of sp³-hybridized carbons (Fsp3) is 0.308. The van der Waals surface area contributed by atoms with Crippen molar-refractivity contribution < 1.29 is 4.39 Å². The van der Waals surface area contributed by atoms with E-state index in [1.165, 1.54) is 6.07 Å². The van der Waals surface area contributed by atoms with Crippen LogP contribution in [0.2, 0.25) is 0 Å². The van der Waals surface area contributed by atoms with Crippen molar-refractivity contribution in [1.29, 1.82) is 0 Å². The van der Waals surface area contributed by atoms with Crippen molar-refractivity contribution in [3.63, 3.8) is 0 Å². The highest BCUT2D eigenvalue weighted by Gasteiger charge is 2.13. The molecule has 2 rings (SSSR count). The molecule has 1 N–H and O–H groups in total. The Kier molecular flexibility index (Phi) is 3.54. The van der Waals surface area contributed by atoms with Crippen molar-refractivity contribution >= 4 is 0 Å². The van der Waals surface area contributed by atoms with E-state index < -0.39 is 0 Å². The van der Waals surface area contributed by atoms with Crippen LogP contribution in [-0.2, 0) is 13.5 Å². The van der Waals surface area contributed by atoms with Crippen molar-refractivity contribution in [2.24, 2.45) is 7.05 Å². The van der Waals surface area contributed by atoms with Gasteiger partial charge in [-0.05, 0) is 13.1 Å². The molecular weight excluding hydrogens is 217 g/mol. The van der Waals surface area contributed by atoms with Gasteiger partial charge in [-0.3, -0.25) is 4.68 Å². The smallest absolute Gasteiger partial charge is 0.131 e. The molecule has 0 bridgehead atoms. The number of aryl methyl sites for hydroxylation is 1. The van der Waals surface area contributed by atoms with Crippen LogP contribution in [0, 0.1) is 5.82 Å². The van der Waals surface area contributed by atoms with E-state index in [9.17, 15) is 4.39 Å². The normalized spacial score (nSPS) is 10.8. The van der Waals surface area contributed by atoms with Gasteiger partial charge in [0.25, 0.3) is 0 Å². The molecule has 3 nitrogen and oxygen atoms in total. The van der Waals surface area contributed by atoms with Gasteiger partial charge in [-0.25, -0.2) is 4.39 Å². The molecule has 1 aromatic heterocycles. The average Bonchev–Trinajstić information content (AvgIpc) is 2.69. The van der Waals surface area contributed by atoms with E-state index in [4.69, 9.17) is 0 Å². The van der Waals surface area contributed by atoms with Gasteiger partial charge < -0.3 is 5.32 Å². The number of hydrogen-bond donors (Lipinski definition) is 1. The zero-order valence-corrected chi connectivity index (χ0v) is 10.1. The Labute approximate surface area is 100 Å². The predicted octanol–water partition coefficient (Wildman–Crippen LogP) is 1.99. The van der Waals surface area contributed by atoms with Gasteiger partial charge in [0.15, 0.2) is 0 Å². The second-order valence-corrected chi connectivity index (χ2v) is 3.96. The molecule has 0 amide bonds. The van der Waals surface area contributed by atoms with Crippen LogP contribution in [0.4, 0.5) is 4.39 Å². The van der Waals surface area contributed by atoms with Crippen LogP contribution in [0.1, 0.15) is 5.69 Å². The lowest BCUT2D eigenvalue weighted by atomic mass is 10.0. The summed E-state index contributed by atoms with van der Waals surface area (Å²) >= 11 is 0. The maximum Gasteiger partial charge on any atom is 0.131 e. The minimum Gasteiger partial charge on any atom is -0.319 e. The van der Waals surface area contributed by atoms with Gasteiger partial charge in [0.1, 0.15) is 5.82 Å². The molecule has 4 heteroatoms. The van der Waals surface area contributed by atoms with Gasteiger partial charge >= 0.3 is 0 Å². The molecule has 0 unspecified atom stereocenters. The molecule has 0 aliphatic carbocycles. The second kappa shape index (κ2) is 5.10. The van der Waals surface area contributed by atoms with Gasteiger partial charge in [0.05, 0.1) is 6.20 Å². The molecule has 0 atom stereocenters. The molecule has 0 fully saturated rings. The van der Waals surface area contributed by atoms with Crippen molar-refractivity contribution in [2.75, 3.05) is 13.6 Å². The molecule has 1 aromatic carbocycles. The number of rotatable bonds is 4. The first-order valence-corrected chi connectivity index (χ1v) is 5.64. The number of nitrogens with zero attached hydrogens (tertiary/aromatic N) is 2. The summed E-state index contributed by atoms with van der Waals surface area (Å²) < 4.78 is 15.5. The summed E-state index contributed by atoms with van der Waals surface area (Å²) in [5.74, 6) is -0.203. The second-order valence-electron chi connectivity index (χ2n) is 3.96. The molecule has 2 aromatic rings. The summed E-state index contributed by atoms with van der Waals surface area (Å²) in [6, 6.07) is 6.80. The van der Waals surface area contributed by atoms with E-state index >= 15 is 0 Å². The first kappa shape index (κ1) is 11.8. The highest BCUT2D eigenvalue weighted by Crippen LogP contribution is 2.25. The fourth-order valence-electron chi connectivity index (χ4n) is 1.91. The van der Waals surface area contributed by atoms with E-state index in [0.717, 1.165) is 24.2 Å². The third-order valence-electron chi connectivity index (χ3n) is 2.84. The summed E-state index contributed by atoms with van der Waals surface area (Å²) in [7, 11) is 3.79. The van der Waals surface area contributed by atoms with E-state index in [1.54, 1.807) is 23.0 Å². The number of halogens is 1. The topological polar surface area (TPSA) is 29.9 Å². The molecule has 0 aliphatic heterocycles. The molecule has 17 heavy (non-hydrogen) atoms. The Balaban J connectivity index is 2.42. The van der Waals surface area contributed by atoms with Crippen LogP contribution < -0.4 is 5.32 Å². The van der Waals surface area contributed by atoms with Crippen LogP contribution in [0.3, 0.4) is 0 Å². The number of nitrogens with one attached hydrogen (secondary N) is 1. The quantitative estimate of drug-likeness (QED) is 0.875. The monoisotopic (exact) mass is 233 g/mol. The Hall–Kier alpha value is -1.68. The van der Waals surface area contributed by atoms with Crippen LogP contribution in [0.5, 0.6) is 0 Å². The lowest BCUT2D eigenvalue weighted by Crippen LogP contribution is -2.13. The molecule has 0 spiro atoms. The van der Waals surface area contributed by atoms with Crippen molar-refractivity contribution in [2.45, 2.75) is 6.42 Å². The molecule has 0 radical (unpaired) electrons. The predicted molar refractivity (Wildman–Crippen MR) is 66.2 cm³/mol. The Morgan fingerprint density at radius 2 is 2.06 bits per heavy atom. The number of benzene rings is 1. The van der Waals surface area contributed by atoms with Crippen LogP contribution >= 0.6 is 0 Å². The van der Waals surface area contributed by atoms with Gasteiger partial charge in [0, 0.05) is 36.8 Å². The van der Waals surface area contributed by atoms with Crippen LogP contribution in [0.15, 0.2) is 30.5 Å². The van der Waals surface area contributed by atoms with Gasteiger partial charge in [-0.15, -0.1) is 0 Å². The molecule has 0 aliphatic rings. The maximum atomic E-state index is 13.7. The number of likely N-dealkylation sites (N-methyl/N-ethyl adjacent to an activating group) is 1. The minimum absolute atomic E-state index is 0.203. The van der Waals surface area contributed by atoms with Crippen molar-refractivity contribution in [1.82, 2.24) is 15.1 Å². The third kappa shape index (κ3) is 2.36. The van der Waals surface area contributed by atoms with E-state index in [0.29, 0.717) is 5.56 Å². The fourth-order valence-corrected chi connectivity index (χ4v) is 1.91. The maximum absolute atomic E-state index is 13.7. The Morgan fingerprint density at radius 3 is 2.76 bits per heavy atom. The summed E-state index contributed by atoms with van der Waals surface area (Å²) in [5.41, 5.74) is 2.54. The third-order valence-corrected chi connectivity index (χ3v) is 2.84. The highest BCUT2D eigenvalue weighted by atomic mass is 19.1. The lowest BCUT2D eigenvalue weighted by Gasteiger charge is -2.06. The lowest BCUT2D eigenvalue weighted by molar-refractivity contribution is 0.630. The highest BCUT2D eigenvalue weighted by molar-refractivity contribution is 5.66. The minimum atomic E-state index is -0.203. The van der Waals surface area contributed by atoms with Gasteiger partial charge in [-0.1, -0.05) is 18.2 Å². The van der Waals surface area contributed by atoms with E-state index in [-0.39, 0.29) is 5.82 Å². The SMILES string of the molecule is CNCCc1c(-c2ccccc2F)cnn1C. The molecule has 0 saturated carbocycles. The van der Waals surface area contributed by atoms with Crippen molar-refractivity contribution in [3.05, 3.63) is 42.0 Å². The summed E-state index contributed by atoms with van der Waals surface area (Å²) in [6.07, 6.45) is 2.56. The molecule has 90 valence electrons. The van der Waals surface area contributed by atoms with E-state index in [2.05, 4.69) is 10.4 Å². The largest absolute Gasteiger partial charge is 0.319 e. The summed E-state index contributed by atoms with van der Waals surface area (Å²) in [4.78, 5) is 0. The zero-order valence-electron chi connectivity index (χ0n) is 10.1. The zero-order chi connectivity index (χ0) is 12.3. The van der Waals surface area contributed by atoms with E-state index in [1.807, 2.05) is 20.2 Å². The Bertz CT molecular complexity index is 505.